The van der Waals surface area contributed by atoms with Crippen LogP contribution in [0.4, 0.5) is 0 Å². The minimum Gasteiger partial charge on any atom is -0.493 e. The molecule has 2 aromatic rings. The highest BCUT2D eigenvalue weighted by Crippen LogP contribution is 2.45. The zero-order valence-electron chi connectivity index (χ0n) is 19.0. The molecule has 1 saturated heterocycles. The van der Waals surface area contributed by atoms with E-state index in [0.717, 1.165) is 12.8 Å². The standard InChI is InChI=1S/C25H28N2O6/c1-15(9-10-16-7-5-4-6-8-16)26-23(29)18-12-14-20(28)27(18)24-17-11-13-19(31-2)22(32-3)21(17)25(30)33-24/h4-8,11,13,15,18,24H,9-10,12,14H2,1-3H3,(H,26,29)/t15-,18-,24-/m1/s1. The summed E-state index contributed by atoms with van der Waals surface area (Å²) in [6.45, 7) is 1.95. The maximum atomic E-state index is 13.1. The van der Waals surface area contributed by atoms with Gasteiger partial charge in [-0.15, -0.1) is 0 Å². The van der Waals surface area contributed by atoms with E-state index in [1.165, 1.54) is 24.7 Å². The second-order valence-corrected chi connectivity index (χ2v) is 8.31. The van der Waals surface area contributed by atoms with Gasteiger partial charge in [0.05, 0.1) is 14.2 Å². The molecule has 1 fully saturated rings. The Labute approximate surface area is 192 Å². The van der Waals surface area contributed by atoms with E-state index in [0.29, 0.717) is 17.7 Å². The molecule has 0 aromatic heterocycles. The number of hydrogen-bond donors (Lipinski definition) is 1. The van der Waals surface area contributed by atoms with Crippen molar-refractivity contribution in [2.45, 2.75) is 50.9 Å². The third-order valence-corrected chi connectivity index (χ3v) is 6.17. The Balaban J connectivity index is 1.50. The summed E-state index contributed by atoms with van der Waals surface area (Å²) in [6.07, 6.45) is 1.22. The molecule has 2 heterocycles. The number of nitrogens with zero attached hydrogens (tertiary/aromatic N) is 1. The average molecular weight is 453 g/mol. The van der Waals surface area contributed by atoms with Crippen molar-refractivity contribution in [2.24, 2.45) is 0 Å². The third kappa shape index (κ3) is 4.37. The van der Waals surface area contributed by atoms with E-state index in [1.807, 2.05) is 25.1 Å². The molecule has 0 unspecified atom stereocenters. The summed E-state index contributed by atoms with van der Waals surface area (Å²) in [5.41, 5.74) is 1.91. The van der Waals surface area contributed by atoms with E-state index in [9.17, 15) is 14.4 Å². The maximum Gasteiger partial charge on any atom is 0.344 e. The van der Waals surface area contributed by atoms with Gasteiger partial charge in [-0.3, -0.25) is 14.5 Å². The van der Waals surface area contributed by atoms with E-state index >= 15 is 0 Å². The fourth-order valence-corrected chi connectivity index (χ4v) is 4.48. The fourth-order valence-electron chi connectivity index (χ4n) is 4.48. The SMILES string of the molecule is COc1ccc2c(c1OC)C(=O)O[C@H]2N1C(=O)CC[C@@H]1C(=O)N[C@H](C)CCc1ccccc1. The lowest BCUT2D eigenvalue weighted by Crippen LogP contribution is -2.48. The van der Waals surface area contributed by atoms with Gasteiger partial charge in [0.1, 0.15) is 11.6 Å². The Hall–Kier alpha value is -3.55. The number of benzene rings is 2. The van der Waals surface area contributed by atoms with Gasteiger partial charge in [-0.1, -0.05) is 30.3 Å². The number of carbonyl (C=O) groups excluding carboxylic acids is 3. The zero-order chi connectivity index (χ0) is 23.5. The van der Waals surface area contributed by atoms with Gasteiger partial charge < -0.3 is 19.5 Å². The van der Waals surface area contributed by atoms with Crippen molar-refractivity contribution in [1.82, 2.24) is 10.2 Å². The monoisotopic (exact) mass is 452 g/mol. The van der Waals surface area contributed by atoms with Crippen LogP contribution in [0.5, 0.6) is 11.5 Å². The molecule has 0 aliphatic carbocycles. The van der Waals surface area contributed by atoms with Gasteiger partial charge >= 0.3 is 5.97 Å². The second kappa shape index (κ2) is 9.52. The molecule has 0 radical (unpaired) electrons. The minimum absolute atomic E-state index is 0.0713. The van der Waals surface area contributed by atoms with Crippen molar-refractivity contribution in [3.05, 3.63) is 59.2 Å². The number of cyclic esters (lactones) is 1. The summed E-state index contributed by atoms with van der Waals surface area (Å²) >= 11 is 0. The summed E-state index contributed by atoms with van der Waals surface area (Å²) in [4.78, 5) is 39.9. The Morgan fingerprint density at radius 2 is 1.91 bits per heavy atom. The van der Waals surface area contributed by atoms with Crippen LogP contribution in [-0.2, 0) is 20.7 Å². The number of carbonyl (C=O) groups is 3. The van der Waals surface area contributed by atoms with Gasteiger partial charge in [0.2, 0.25) is 18.0 Å². The molecule has 2 aliphatic rings. The molecule has 2 aromatic carbocycles. The van der Waals surface area contributed by atoms with Crippen LogP contribution in [0.25, 0.3) is 0 Å². The number of methoxy groups -OCH3 is 2. The first-order valence-electron chi connectivity index (χ1n) is 11.1. The Bertz CT molecular complexity index is 1050. The number of aryl methyl sites for hydroxylation is 1. The molecule has 2 aliphatic heterocycles. The first-order chi connectivity index (χ1) is 15.9. The second-order valence-electron chi connectivity index (χ2n) is 8.31. The smallest absolute Gasteiger partial charge is 0.344 e. The summed E-state index contributed by atoms with van der Waals surface area (Å²) in [6, 6.07) is 12.6. The molecule has 0 bridgehead atoms. The number of likely N-dealkylation sites (tertiary alicyclic amines) is 1. The highest BCUT2D eigenvalue weighted by Gasteiger charge is 2.47. The third-order valence-electron chi connectivity index (χ3n) is 6.17. The van der Waals surface area contributed by atoms with Crippen molar-refractivity contribution in [2.75, 3.05) is 14.2 Å². The topological polar surface area (TPSA) is 94.2 Å². The predicted molar refractivity (Wildman–Crippen MR) is 120 cm³/mol. The molecule has 1 N–H and O–H groups in total. The highest BCUT2D eigenvalue weighted by molar-refractivity contribution is 5.99. The lowest BCUT2D eigenvalue weighted by Gasteiger charge is -2.30. The highest BCUT2D eigenvalue weighted by atomic mass is 16.6. The van der Waals surface area contributed by atoms with Crippen LogP contribution in [0, 0.1) is 0 Å². The molecule has 2 amide bonds. The van der Waals surface area contributed by atoms with Crippen LogP contribution in [0.15, 0.2) is 42.5 Å². The zero-order valence-corrected chi connectivity index (χ0v) is 19.0. The summed E-state index contributed by atoms with van der Waals surface area (Å²) in [7, 11) is 2.91. The molecular weight excluding hydrogens is 424 g/mol. The van der Waals surface area contributed by atoms with Crippen LogP contribution in [-0.4, -0.2) is 49.0 Å². The number of fused-ring (bicyclic) bond motifs is 1. The van der Waals surface area contributed by atoms with Crippen molar-refractivity contribution < 1.29 is 28.6 Å². The van der Waals surface area contributed by atoms with Crippen molar-refractivity contribution in [3.8, 4) is 11.5 Å². The Kier molecular flexibility index (Phi) is 6.53. The largest absolute Gasteiger partial charge is 0.493 e. The maximum absolute atomic E-state index is 13.1. The van der Waals surface area contributed by atoms with Crippen LogP contribution in [0.2, 0.25) is 0 Å². The predicted octanol–water partition coefficient (Wildman–Crippen LogP) is 3.00. The first-order valence-corrected chi connectivity index (χ1v) is 11.1. The number of nitrogens with one attached hydrogen (secondary N) is 1. The van der Waals surface area contributed by atoms with Gasteiger partial charge in [-0.25, -0.2) is 4.79 Å². The molecule has 0 saturated carbocycles. The molecule has 4 rings (SSSR count). The van der Waals surface area contributed by atoms with E-state index in [4.69, 9.17) is 14.2 Å². The van der Waals surface area contributed by atoms with E-state index < -0.39 is 18.2 Å². The van der Waals surface area contributed by atoms with Crippen LogP contribution in [0.1, 0.15) is 53.9 Å². The van der Waals surface area contributed by atoms with Gasteiger partial charge in [-0.05, 0) is 43.9 Å². The van der Waals surface area contributed by atoms with Crippen LogP contribution >= 0.6 is 0 Å². The van der Waals surface area contributed by atoms with E-state index in [1.54, 1.807) is 12.1 Å². The van der Waals surface area contributed by atoms with Crippen molar-refractivity contribution in [1.29, 1.82) is 0 Å². The number of amides is 2. The molecular formula is C25H28N2O6. The number of hydrogen-bond acceptors (Lipinski definition) is 6. The Morgan fingerprint density at radius 3 is 2.61 bits per heavy atom. The summed E-state index contributed by atoms with van der Waals surface area (Å²) in [5, 5.41) is 3.02. The summed E-state index contributed by atoms with van der Waals surface area (Å²) in [5.74, 6) is -0.437. The normalized spacial score (nSPS) is 20.3. The minimum atomic E-state index is -0.974. The van der Waals surface area contributed by atoms with Gasteiger partial charge in [0.25, 0.3) is 0 Å². The number of rotatable bonds is 8. The fraction of sp³-hybridized carbons (Fsp3) is 0.400. The molecule has 174 valence electrons. The van der Waals surface area contributed by atoms with Gasteiger partial charge in [-0.2, -0.15) is 0 Å². The van der Waals surface area contributed by atoms with E-state index in [-0.39, 0.29) is 35.6 Å². The molecule has 8 nitrogen and oxygen atoms in total. The first kappa shape index (κ1) is 22.6. The molecule has 8 heteroatoms. The summed E-state index contributed by atoms with van der Waals surface area (Å²) < 4.78 is 16.2. The van der Waals surface area contributed by atoms with Gasteiger partial charge in [0, 0.05) is 18.0 Å². The van der Waals surface area contributed by atoms with E-state index in [2.05, 4.69) is 17.4 Å². The molecule has 0 spiro atoms. The quantitative estimate of drug-likeness (QED) is 0.619. The van der Waals surface area contributed by atoms with Crippen molar-refractivity contribution in [3.63, 3.8) is 0 Å². The Morgan fingerprint density at radius 1 is 1.15 bits per heavy atom. The molecule has 33 heavy (non-hydrogen) atoms. The number of ether oxygens (including phenoxy) is 3. The lowest BCUT2D eigenvalue weighted by atomic mass is 10.0. The molecule has 3 atom stereocenters. The lowest BCUT2D eigenvalue weighted by molar-refractivity contribution is -0.146. The van der Waals surface area contributed by atoms with Crippen LogP contribution < -0.4 is 14.8 Å². The van der Waals surface area contributed by atoms with Crippen LogP contribution in [0.3, 0.4) is 0 Å². The number of esters is 1. The van der Waals surface area contributed by atoms with Gasteiger partial charge in [0.15, 0.2) is 11.5 Å². The average Bonchev–Trinajstić information content (AvgIpc) is 3.37. The van der Waals surface area contributed by atoms with Crippen molar-refractivity contribution >= 4 is 17.8 Å².